The summed E-state index contributed by atoms with van der Waals surface area (Å²) in [5.41, 5.74) is 3.90. The quantitative estimate of drug-likeness (QED) is 0.871. The molecule has 1 N–H and O–H groups in total. The molecule has 2 aromatic carbocycles. The summed E-state index contributed by atoms with van der Waals surface area (Å²) in [6.07, 6.45) is 0.975. The number of nitrogens with one attached hydrogen (secondary N) is 1. The van der Waals surface area contributed by atoms with Crippen molar-refractivity contribution in [3.8, 4) is 6.07 Å². The predicted octanol–water partition coefficient (Wildman–Crippen LogP) is 4.43. The summed E-state index contributed by atoms with van der Waals surface area (Å²) in [4.78, 5) is 0. The molecule has 0 amide bonds. The topological polar surface area (TPSA) is 35.8 Å². The van der Waals surface area contributed by atoms with Crippen molar-refractivity contribution in [2.45, 2.75) is 26.3 Å². The fourth-order valence-corrected chi connectivity index (χ4v) is 2.23. The van der Waals surface area contributed by atoms with Gasteiger partial charge in [-0.2, -0.15) is 5.26 Å². The molecule has 1 unspecified atom stereocenters. The van der Waals surface area contributed by atoms with E-state index in [0.717, 1.165) is 23.2 Å². The standard InChI is InChI=1S/C17H18N2/c1-3-16(14-9-5-4-6-10-14)19-17-11-7-8-13(2)15(17)12-18/h4-11,16,19H,3H2,1-2H3. The minimum Gasteiger partial charge on any atom is -0.377 e. The Hall–Kier alpha value is -2.27. The third-order valence-electron chi connectivity index (χ3n) is 3.32. The average Bonchev–Trinajstić information content (AvgIpc) is 2.46. The van der Waals surface area contributed by atoms with Gasteiger partial charge in [-0.1, -0.05) is 49.4 Å². The summed E-state index contributed by atoms with van der Waals surface area (Å²) in [6.45, 7) is 4.11. The Labute approximate surface area is 114 Å². The molecule has 2 rings (SSSR count). The minimum absolute atomic E-state index is 0.232. The summed E-state index contributed by atoms with van der Waals surface area (Å²) in [5.74, 6) is 0. The maximum absolute atomic E-state index is 9.27. The molecule has 0 heterocycles. The fourth-order valence-electron chi connectivity index (χ4n) is 2.23. The van der Waals surface area contributed by atoms with E-state index in [2.05, 4.69) is 30.4 Å². The van der Waals surface area contributed by atoms with Crippen LogP contribution in [0.1, 0.15) is 36.1 Å². The predicted molar refractivity (Wildman–Crippen MR) is 79.0 cm³/mol. The van der Waals surface area contributed by atoms with Gasteiger partial charge in [-0.05, 0) is 30.5 Å². The first-order valence-electron chi connectivity index (χ1n) is 6.57. The normalized spacial score (nSPS) is 11.6. The number of hydrogen-bond acceptors (Lipinski definition) is 2. The smallest absolute Gasteiger partial charge is 0.102 e. The lowest BCUT2D eigenvalue weighted by Gasteiger charge is -2.20. The van der Waals surface area contributed by atoms with Crippen molar-refractivity contribution < 1.29 is 0 Å². The molecule has 2 nitrogen and oxygen atoms in total. The fraction of sp³-hybridized carbons (Fsp3) is 0.235. The van der Waals surface area contributed by atoms with Crippen LogP contribution in [0.15, 0.2) is 48.5 Å². The molecule has 0 radical (unpaired) electrons. The molecular weight excluding hydrogens is 232 g/mol. The number of aryl methyl sites for hydroxylation is 1. The zero-order valence-electron chi connectivity index (χ0n) is 11.4. The van der Waals surface area contributed by atoms with Gasteiger partial charge in [0.25, 0.3) is 0 Å². The van der Waals surface area contributed by atoms with Crippen LogP contribution in [0.25, 0.3) is 0 Å². The number of rotatable bonds is 4. The van der Waals surface area contributed by atoms with Crippen LogP contribution in [0.4, 0.5) is 5.69 Å². The molecule has 1 atom stereocenters. The number of benzene rings is 2. The van der Waals surface area contributed by atoms with Gasteiger partial charge in [0.2, 0.25) is 0 Å². The molecule has 0 aliphatic rings. The van der Waals surface area contributed by atoms with E-state index < -0.39 is 0 Å². The minimum atomic E-state index is 0.232. The number of nitrogens with zero attached hydrogens (tertiary/aromatic N) is 1. The SMILES string of the molecule is CCC(Nc1cccc(C)c1C#N)c1ccccc1. The lowest BCUT2D eigenvalue weighted by atomic mass is 10.0. The molecule has 96 valence electrons. The molecular formula is C17H18N2. The zero-order valence-corrected chi connectivity index (χ0v) is 11.4. The summed E-state index contributed by atoms with van der Waals surface area (Å²) in [5, 5.41) is 12.7. The molecule has 19 heavy (non-hydrogen) atoms. The molecule has 0 bridgehead atoms. The highest BCUT2D eigenvalue weighted by atomic mass is 14.9. The maximum atomic E-state index is 9.27. The lowest BCUT2D eigenvalue weighted by Crippen LogP contribution is -2.10. The van der Waals surface area contributed by atoms with Gasteiger partial charge in [0.05, 0.1) is 17.3 Å². The van der Waals surface area contributed by atoms with Crippen LogP contribution in [0, 0.1) is 18.3 Å². The molecule has 2 heteroatoms. The van der Waals surface area contributed by atoms with Crippen molar-refractivity contribution in [3.63, 3.8) is 0 Å². The van der Waals surface area contributed by atoms with E-state index >= 15 is 0 Å². The first-order valence-corrected chi connectivity index (χ1v) is 6.57. The van der Waals surface area contributed by atoms with E-state index in [1.165, 1.54) is 5.56 Å². The Balaban J connectivity index is 2.30. The first-order chi connectivity index (χ1) is 9.26. The Morgan fingerprint density at radius 1 is 1.11 bits per heavy atom. The van der Waals surface area contributed by atoms with E-state index in [4.69, 9.17) is 0 Å². The van der Waals surface area contributed by atoms with Crippen LogP contribution < -0.4 is 5.32 Å². The second-order valence-electron chi connectivity index (χ2n) is 4.63. The Morgan fingerprint density at radius 2 is 1.84 bits per heavy atom. The highest BCUT2D eigenvalue weighted by Gasteiger charge is 2.11. The Kier molecular flexibility index (Phi) is 4.20. The van der Waals surface area contributed by atoms with Crippen LogP contribution in [0.3, 0.4) is 0 Å². The molecule has 0 spiro atoms. The van der Waals surface area contributed by atoms with Crippen molar-refractivity contribution in [2.24, 2.45) is 0 Å². The van der Waals surface area contributed by atoms with Gasteiger partial charge in [0, 0.05) is 0 Å². The molecule has 0 fully saturated rings. The van der Waals surface area contributed by atoms with Crippen LogP contribution in [0.2, 0.25) is 0 Å². The van der Waals surface area contributed by atoms with Crippen LogP contribution in [-0.4, -0.2) is 0 Å². The van der Waals surface area contributed by atoms with Gasteiger partial charge < -0.3 is 5.32 Å². The molecule has 0 aliphatic carbocycles. The third-order valence-corrected chi connectivity index (χ3v) is 3.32. The van der Waals surface area contributed by atoms with E-state index in [9.17, 15) is 5.26 Å². The van der Waals surface area contributed by atoms with Gasteiger partial charge in [-0.25, -0.2) is 0 Å². The number of hydrogen-bond donors (Lipinski definition) is 1. The largest absolute Gasteiger partial charge is 0.377 e. The zero-order chi connectivity index (χ0) is 13.7. The molecule has 0 aromatic heterocycles. The van der Waals surface area contributed by atoms with Gasteiger partial charge in [-0.3, -0.25) is 0 Å². The lowest BCUT2D eigenvalue weighted by molar-refractivity contribution is 0.749. The van der Waals surface area contributed by atoms with Crippen LogP contribution in [0.5, 0.6) is 0 Å². The van der Waals surface area contributed by atoms with Crippen molar-refractivity contribution in [3.05, 3.63) is 65.2 Å². The van der Waals surface area contributed by atoms with E-state index in [-0.39, 0.29) is 6.04 Å². The molecule has 0 saturated carbocycles. The summed E-state index contributed by atoms with van der Waals surface area (Å²) in [7, 11) is 0. The van der Waals surface area contributed by atoms with Crippen molar-refractivity contribution in [2.75, 3.05) is 5.32 Å². The van der Waals surface area contributed by atoms with E-state index in [1.54, 1.807) is 0 Å². The van der Waals surface area contributed by atoms with Crippen molar-refractivity contribution >= 4 is 5.69 Å². The summed E-state index contributed by atoms with van der Waals surface area (Å²) in [6, 6.07) is 18.8. The monoisotopic (exact) mass is 250 g/mol. The molecule has 0 aliphatic heterocycles. The number of nitriles is 1. The van der Waals surface area contributed by atoms with E-state index in [1.807, 2.05) is 43.3 Å². The van der Waals surface area contributed by atoms with Crippen molar-refractivity contribution in [1.29, 1.82) is 5.26 Å². The highest BCUT2D eigenvalue weighted by molar-refractivity contribution is 5.61. The second kappa shape index (κ2) is 6.06. The van der Waals surface area contributed by atoms with Crippen LogP contribution >= 0.6 is 0 Å². The molecule has 2 aromatic rings. The first kappa shape index (κ1) is 13.2. The van der Waals surface area contributed by atoms with E-state index in [0.29, 0.717) is 0 Å². The van der Waals surface area contributed by atoms with Gasteiger partial charge in [0.1, 0.15) is 6.07 Å². The van der Waals surface area contributed by atoms with Crippen LogP contribution in [-0.2, 0) is 0 Å². The molecule has 0 saturated heterocycles. The van der Waals surface area contributed by atoms with Gasteiger partial charge in [0.15, 0.2) is 0 Å². The Morgan fingerprint density at radius 3 is 2.47 bits per heavy atom. The summed E-state index contributed by atoms with van der Waals surface area (Å²) < 4.78 is 0. The average molecular weight is 250 g/mol. The van der Waals surface area contributed by atoms with Gasteiger partial charge >= 0.3 is 0 Å². The summed E-state index contributed by atoms with van der Waals surface area (Å²) >= 11 is 0. The third kappa shape index (κ3) is 2.95. The van der Waals surface area contributed by atoms with Crippen molar-refractivity contribution in [1.82, 2.24) is 0 Å². The second-order valence-corrected chi connectivity index (χ2v) is 4.63. The maximum Gasteiger partial charge on any atom is 0.102 e. The van der Waals surface area contributed by atoms with Gasteiger partial charge in [-0.15, -0.1) is 0 Å². The Bertz CT molecular complexity index is 582. The highest BCUT2D eigenvalue weighted by Crippen LogP contribution is 2.26. The number of anilines is 1.